The maximum Gasteiger partial charge on any atom is 0.249 e. The molecular formula is C7H4BrCl2NO. The van der Waals surface area contributed by atoms with Crippen LogP contribution in [0.2, 0.25) is 10.0 Å². The number of carbonyl (C=O) groups excluding carboxylic acids is 1. The van der Waals surface area contributed by atoms with E-state index in [4.69, 9.17) is 28.9 Å². The summed E-state index contributed by atoms with van der Waals surface area (Å²) in [5.41, 5.74) is 5.39. The Labute approximate surface area is 87.8 Å². The fourth-order valence-electron chi connectivity index (χ4n) is 0.716. The number of nitrogens with two attached hydrogens (primary N) is 1. The molecule has 1 aromatic rings. The highest BCUT2D eigenvalue weighted by Crippen LogP contribution is 2.32. The molecule has 2 N–H and O–H groups in total. The highest BCUT2D eigenvalue weighted by Gasteiger charge is 2.11. The van der Waals surface area contributed by atoms with Crippen LogP contribution in [0.4, 0.5) is 0 Å². The molecule has 0 unspecified atom stereocenters. The predicted octanol–water partition coefficient (Wildman–Crippen LogP) is 2.85. The molecule has 0 radical (unpaired) electrons. The topological polar surface area (TPSA) is 43.1 Å². The van der Waals surface area contributed by atoms with Crippen molar-refractivity contribution in [2.45, 2.75) is 0 Å². The van der Waals surface area contributed by atoms with E-state index in [0.29, 0.717) is 20.1 Å². The van der Waals surface area contributed by atoms with Gasteiger partial charge < -0.3 is 5.73 Å². The summed E-state index contributed by atoms with van der Waals surface area (Å²) in [7, 11) is 0. The van der Waals surface area contributed by atoms with Crippen molar-refractivity contribution in [3.05, 3.63) is 32.2 Å². The molecule has 0 aliphatic carbocycles. The number of carbonyl (C=O) groups is 1. The molecule has 0 fully saturated rings. The first-order valence-corrected chi connectivity index (χ1v) is 4.52. The van der Waals surface area contributed by atoms with Crippen LogP contribution in [0, 0.1) is 0 Å². The zero-order valence-electron chi connectivity index (χ0n) is 5.77. The van der Waals surface area contributed by atoms with Crippen LogP contribution >= 0.6 is 39.1 Å². The van der Waals surface area contributed by atoms with Crippen molar-refractivity contribution < 1.29 is 4.79 Å². The van der Waals surface area contributed by atoms with E-state index in [9.17, 15) is 4.79 Å². The van der Waals surface area contributed by atoms with E-state index in [0.717, 1.165) is 0 Å². The van der Waals surface area contributed by atoms with Crippen LogP contribution < -0.4 is 5.73 Å². The van der Waals surface area contributed by atoms with Crippen molar-refractivity contribution in [3.8, 4) is 0 Å². The summed E-state index contributed by atoms with van der Waals surface area (Å²) in [6.07, 6.45) is 0. The van der Waals surface area contributed by atoms with E-state index in [1.807, 2.05) is 0 Å². The molecule has 0 heterocycles. The summed E-state index contributed by atoms with van der Waals surface area (Å²) < 4.78 is 0.434. The van der Waals surface area contributed by atoms with Crippen LogP contribution in [0.5, 0.6) is 0 Å². The van der Waals surface area contributed by atoms with Gasteiger partial charge in [0.2, 0.25) is 5.91 Å². The lowest BCUT2D eigenvalue weighted by molar-refractivity contribution is 0.0999. The first-order chi connectivity index (χ1) is 5.54. The van der Waals surface area contributed by atoms with Gasteiger partial charge in [0.15, 0.2) is 0 Å². The minimum Gasteiger partial charge on any atom is -0.366 e. The van der Waals surface area contributed by atoms with Gasteiger partial charge in [-0.2, -0.15) is 0 Å². The third kappa shape index (κ3) is 1.73. The van der Waals surface area contributed by atoms with E-state index in [-0.39, 0.29) is 0 Å². The Morgan fingerprint density at radius 3 is 2.50 bits per heavy atom. The number of amides is 1. The number of rotatable bonds is 1. The van der Waals surface area contributed by atoms with Gasteiger partial charge in [-0.1, -0.05) is 23.2 Å². The summed E-state index contributed by atoms with van der Waals surface area (Å²) in [6, 6.07) is 3.04. The van der Waals surface area contributed by atoms with E-state index in [1.165, 1.54) is 12.1 Å². The Morgan fingerprint density at radius 1 is 1.42 bits per heavy atom. The summed E-state index contributed by atoms with van der Waals surface area (Å²) in [4.78, 5) is 10.8. The molecular weight excluding hydrogens is 265 g/mol. The largest absolute Gasteiger partial charge is 0.366 e. The SMILES string of the molecule is NC(=O)c1ccc(Cl)c(Cl)c1Br. The molecule has 1 rings (SSSR count). The number of hydrogen-bond acceptors (Lipinski definition) is 1. The molecule has 0 aliphatic heterocycles. The lowest BCUT2D eigenvalue weighted by Gasteiger charge is -2.02. The molecule has 1 aromatic carbocycles. The molecule has 0 aromatic heterocycles. The summed E-state index contributed by atoms with van der Waals surface area (Å²) in [5, 5.41) is 0.682. The van der Waals surface area contributed by atoms with Gasteiger partial charge in [0.1, 0.15) is 0 Å². The molecule has 12 heavy (non-hydrogen) atoms. The summed E-state index contributed by atoms with van der Waals surface area (Å²) >= 11 is 14.5. The zero-order chi connectivity index (χ0) is 9.30. The van der Waals surface area contributed by atoms with E-state index < -0.39 is 5.91 Å². The molecule has 0 bridgehead atoms. The van der Waals surface area contributed by atoms with Crippen molar-refractivity contribution >= 4 is 45.0 Å². The number of hydrogen-bond donors (Lipinski definition) is 1. The minimum atomic E-state index is -0.541. The van der Waals surface area contributed by atoms with Crippen molar-refractivity contribution in [3.63, 3.8) is 0 Å². The standard InChI is InChI=1S/C7H4BrCl2NO/c8-5-3(7(11)12)1-2-4(9)6(5)10/h1-2H,(H2,11,12). The Bertz CT molecular complexity index is 340. The van der Waals surface area contributed by atoms with Crippen LogP contribution in [0.3, 0.4) is 0 Å². The van der Waals surface area contributed by atoms with Gasteiger partial charge in [-0.25, -0.2) is 0 Å². The molecule has 5 heteroatoms. The second-order valence-corrected chi connectivity index (χ2v) is 3.67. The van der Waals surface area contributed by atoms with Crippen LogP contribution in [-0.2, 0) is 0 Å². The lowest BCUT2D eigenvalue weighted by atomic mass is 10.2. The highest BCUT2D eigenvalue weighted by molar-refractivity contribution is 9.10. The lowest BCUT2D eigenvalue weighted by Crippen LogP contribution is -2.11. The monoisotopic (exact) mass is 267 g/mol. The van der Waals surface area contributed by atoms with Gasteiger partial charge in [-0.3, -0.25) is 4.79 Å². The van der Waals surface area contributed by atoms with Crippen molar-refractivity contribution in [1.82, 2.24) is 0 Å². The third-order valence-electron chi connectivity index (χ3n) is 1.30. The molecule has 0 aliphatic rings. The van der Waals surface area contributed by atoms with Crippen molar-refractivity contribution in [2.24, 2.45) is 5.73 Å². The van der Waals surface area contributed by atoms with Gasteiger partial charge in [0.25, 0.3) is 0 Å². The normalized spacial score (nSPS) is 9.92. The van der Waals surface area contributed by atoms with E-state index in [2.05, 4.69) is 15.9 Å². The van der Waals surface area contributed by atoms with Gasteiger partial charge in [-0.15, -0.1) is 0 Å². The minimum absolute atomic E-state index is 0.299. The average molecular weight is 269 g/mol. The van der Waals surface area contributed by atoms with Gasteiger partial charge in [0.05, 0.1) is 20.1 Å². The van der Waals surface area contributed by atoms with E-state index >= 15 is 0 Å². The Morgan fingerprint density at radius 2 is 2.00 bits per heavy atom. The highest BCUT2D eigenvalue weighted by atomic mass is 79.9. The fourth-order valence-corrected chi connectivity index (χ4v) is 1.69. The predicted molar refractivity (Wildman–Crippen MR) is 52.7 cm³/mol. The number of halogens is 3. The first kappa shape index (κ1) is 9.84. The van der Waals surface area contributed by atoms with Gasteiger partial charge in [0, 0.05) is 0 Å². The zero-order valence-corrected chi connectivity index (χ0v) is 8.87. The van der Waals surface area contributed by atoms with E-state index in [1.54, 1.807) is 0 Å². The molecule has 64 valence electrons. The van der Waals surface area contributed by atoms with Crippen LogP contribution in [-0.4, -0.2) is 5.91 Å². The second-order valence-electron chi connectivity index (χ2n) is 2.09. The molecule has 0 saturated carbocycles. The molecule has 0 saturated heterocycles. The fraction of sp³-hybridized carbons (Fsp3) is 0. The molecule has 0 spiro atoms. The van der Waals surface area contributed by atoms with Gasteiger partial charge >= 0.3 is 0 Å². The maximum atomic E-state index is 10.8. The van der Waals surface area contributed by atoms with Crippen molar-refractivity contribution in [2.75, 3.05) is 0 Å². The maximum absolute atomic E-state index is 10.8. The van der Waals surface area contributed by atoms with Gasteiger partial charge in [-0.05, 0) is 28.1 Å². The number of benzene rings is 1. The van der Waals surface area contributed by atoms with Crippen LogP contribution in [0.25, 0.3) is 0 Å². The first-order valence-electron chi connectivity index (χ1n) is 2.97. The second kappa shape index (κ2) is 3.64. The summed E-state index contributed by atoms with van der Waals surface area (Å²) in [5.74, 6) is -0.541. The third-order valence-corrected chi connectivity index (χ3v) is 3.16. The number of primary amides is 1. The van der Waals surface area contributed by atoms with Crippen molar-refractivity contribution in [1.29, 1.82) is 0 Å². The quantitative estimate of drug-likeness (QED) is 0.782. The smallest absolute Gasteiger partial charge is 0.249 e. The Kier molecular flexibility index (Phi) is 2.99. The Balaban J connectivity index is 3.36. The molecule has 1 amide bonds. The van der Waals surface area contributed by atoms with Crippen LogP contribution in [0.1, 0.15) is 10.4 Å². The Hall–Kier alpha value is -0.250. The molecule has 2 nitrogen and oxygen atoms in total. The summed E-state index contributed by atoms with van der Waals surface area (Å²) in [6.45, 7) is 0. The average Bonchev–Trinajstić information content (AvgIpc) is 2.00. The molecule has 0 atom stereocenters. The van der Waals surface area contributed by atoms with Crippen LogP contribution in [0.15, 0.2) is 16.6 Å².